The molecule has 0 saturated carbocycles. The van der Waals surface area contributed by atoms with E-state index >= 15 is 0 Å². The van der Waals surface area contributed by atoms with Crippen LogP contribution in [-0.2, 0) is 9.53 Å². The van der Waals surface area contributed by atoms with E-state index in [2.05, 4.69) is 4.74 Å². The number of carbonyl (C=O) groups is 1. The Morgan fingerprint density at radius 3 is 2.67 bits per heavy atom. The standard InChI is InChI=1S/C10H12FNO2.ClH/c1-6-3-4-7(11)5-8(6)9(12)10(13)14-2;/h3-5,9H,12H2,1-2H3;1H/t9-;/m0./s1. The van der Waals surface area contributed by atoms with Crippen LogP contribution in [0.1, 0.15) is 17.2 Å². The normalized spacial score (nSPS) is 11.5. The first kappa shape index (κ1) is 13.9. The van der Waals surface area contributed by atoms with Crippen molar-refractivity contribution in [2.24, 2.45) is 5.73 Å². The Labute approximate surface area is 93.8 Å². The largest absolute Gasteiger partial charge is 0.468 e. The number of esters is 1. The van der Waals surface area contributed by atoms with Gasteiger partial charge in [-0.2, -0.15) is 0 Å². The lowest BCUT2D eigenvalue weighted by Crippen LogP contribution is -2.23. The lowest BCUT2D eigenvalue weighted by molar-refractivity contribution is -0.142. The summed E-state index contributed by atoms with van der Waals surface area (Å²) in [5.41, 5.74) is 6.80. The van der Waals surface area contributed by atoms with E-state index in [1.807, 2.05) is 0 Å². The number of methoxy groups -OCH3 is 1. The van der Waals surface area contributed by atoms with E-state index in [0.717, 1.165) is 5.56 Å². The van der Waals surface area contributed by atoms with E-state index in [0.29, 0.717) is 5.56 Å². The fraction of sp³-hybridized carbons (Fsp3) is 0.300. The molecule has 15 heavy (non-hydrogen) atoms. The summed E-state index contributed by atoms with van der Waals surface area (Å²) < 4.78 is 17.3. The molecule has 0 radical (unpaired) electrons. The first-order chi connectivity index (χ1) is 6.56. The second-order valence-electron chi connectivity index (χ2n) is 3.00. The zero-order valence-corrected chi connectivity index (χ0v) is 9.31. The van der Waals surface area contributed by atoms with Gasteiger partial charge in [0.25, 0.3) is 0 Å². The zero-order chi connectivity index (χ0) is 10.7. The van der Waals surface area contributed by atoms with E-state index in [1.54, 1.807) is 13.0 Å². The van der Waals surface area contributed by atoms with Crippen molar-refractivity contribution >= 4 is 18.4 Å². The van der Waals surface area contributed by atoms with Gasteiger partial charge in [-0.25, -0.2) is 4.39 Å². The fourth-order valence-corrected chi connectivity index (χ4v) is 1.20. The van der Waals surface area contributed by atoms with Crippen molar-refractivity contribution in [2.45, 2.75) is 13.0 Å². The molecule has 0 bridgehead atoms. The van der Waals surface area contributed by atoms with Crippen LogP contribution in [0.15, 0.2) is 18.2 Å². The Balaban J connectivity index is 0.00000196. The molecule has 0 fully saturated rings. The molecule has 2 N–H and O–H groups in total. The summed E-state index contributed by atoms with van der Waals surface area (Å²) in [7, 11) is 1.25. The lowest BCUT2D eigenvalue weighted by atomic mass is 10.0. The van der Waals surface area contributed by atoms with Gasteiger partial charge < -0.3 is 10.5 Å². The number of halogens is 2. The molecule has 0 saturated heterocycles. The fourth-order valence-electron chi connectivity index (χ4n) is 1.20. The Bertz CT molecular complexity index is 357. The summed E-state index contributed by atoms with van der Waals surface area (Å²) in [6.07, 6.45) is 0. The van der Waals surface area contributed by atoms with E-state index in [-0.39, 0.29) is 12.4 Å². The summed E-state index contributed by atoms with van der Waals surface area (Å²) in [5, 5.41) is 0. The van der Waals surface area contributed by atoms with E-state index in [9.17, 15) is 9.18 Å². The van der Waals surface area contributed by atoms with Gasteiger partial charge in [0, 0.05) is 0 Å². The zero-order valence-electron chi connectivity index (χ0n) is 8.49. The quantitative estimate of drug-likeness (QED) is 0.792. The number of aryl methyl sites for hydroxylation is 1. The van der Waals surface area contributed by atoms with Crippen LogP contribution in [0.2, 0.25) is 0 Å². The first-order valence-electron chi connectivity index (χ1n) is 4.15. The Kier molecular flexibility index (Phi) is 5.25. The summed E-state index contributed by atoms with van der Waals surface area (Å²) in [6, 6.07) is 3.23. The minimum atomic E-state index is -0.921. The molecule has 1 aromatic carbocycles. The topological polar surface area (TPSA) is 52.3 Å². The number of hydrogen-bond donors (Lipinski definition) is 1. The lowest BCUT2D eigenvalue weighted by Gasteiger charge is -2.12. The van der Waals surface area contributed by atoms with Crippen LogP contribution in [0.3, 0.4) is 0 Å². The van der Waals surface area contributed by atoms with Gasteiger partial charge in [-0.15, -0.1) is 12.4 Å². The number of benzene rings is 1. The molecule has 5 heteroatoms. The van der Waals surface area contributed by atoms with Crippen LogP contribution in [0, 0.1) is 12.7 Å². The van der Waals surface area contributed by atoms with Crippen molar-refractivity contribution in [2.75, 3.05) is 7.11 Å². The molecule has 0 heterocycles. The highest BCUT2D eigenvalue weighted by Gasteiger charge is 2.18. The van der Waals surface area contributed by atoms with Gasteiger partial charge in [0.2, 0.25) is 0 Å². The number of ether oxygens (including phenoxy) is 1. The predicted octanol–water partition coefficient (Wildman–Crippen LogP) is 1.73. The molecule has 0 spiro atoms. The minimum absolute atomic E-state index is 0. The average molecular weight is 234 g/mol. The Morgan fingerprint density at radius 1 is 1.53 bits per heavy atom. The number of nitrogens with two attached hydrogens (primary N) is 1. The molecular weight excluding hydrogens is 221 g/mol. The SMILES string of the molecule is COC(=O)[C@@H](N)c1cc(F)ccc1C.Cl. The van der Waals surface area contributed by atoms with Crippen LogP contribution in [0.25, 0.3) is 0 Å². The molecular formula is C10H13ClFNO2. The maximum absolute atomic E-state index is 12.9. The van der Waals surface area contributed by atoms with Crippen LogP contribution in [-0.4, -0.2) is 13.1 Å². The highest BCUT2D eigenvalue weighted by molar-refractivity contribution is 5.85. The third kappa shape index (κ3) is 3.18. The van der Waals surface area contributed by atoms with Crippen LogP contribution >= 0.6 is 12.4 Å². The predicted molar refractivity (Wildman–Crippen MR) is 57.3 cm³/mol. The van der Waals surface area contributed by atoms with Gasteiger partial charge >= 0.3 is 5.97 Å². The molecule has 1 aromatic rings. The third-order valence-corrected chi connectivity index (χ3v) is 2.03. The molecule has 0 aliphatic heterocycles. The molecule has 0 aromatic heterocycles. The molecule has 1 atom stereocenters. The summed E-state index contributed by atoms with van der Waals surface area (Å²) in [4.78, 5) is 11.1. The average Bonchev–Trinajstić information content (AvgIpc) is 2.19. The van der Waals surface area contributed by atoms with Gasteiger partial charge in [-0.1, -0.05) is 6.07 Å². The summed E-state index contributed by atoms with van der Waals surface area (Å²) in [5.74, 6) is -0.983. The summed E-state index contributed by atoms with van der Waals surface area (Å²) in [6.45, 7) is 1.76. The highest BCUT2D eigenvalue weighted by Crippen LogP contribution is 2.17. The number of rotatable bonds is 2. The van der Waals surface area contributed by atoms with Gasteiger partial charge in [0.1, 0.15) is 11.9 Å². The maximum Gasteiger partial charge on any atom is 0.327 e. The third-order valence-electron chi connectivity index (χ3n) is 2.03. The Morgan fingerprint density at radius 2 is 2.13 bits per heavy atom. The van der Waals surface area contributed by atoms with E-state index in [1.165, 1.54) is 19.2 Å². The van der Waals surface area contributed by atoms with Crippen LogP contribution in [0.4, 0.5) is 4.39 Å². The molecule has 0 aliphatic rings. The minimum Gasteiger partial charge on any atom is -0.468 e. The number of hydrogen-bond acceptors (Lipinski definition) is 3. The molecule has 0 amide bonds. The molecule has 3 nitrogen and oxygen atoms in total. The first-order valence-corrected chi connectivity index (χ1v) is 4.15. The van der Waals surface area contributed by atoms with Crippen molar-refractivity contribution in [3.8, 4) is 0 Å². The van der Waals surface area contributed by atoms with Crippen LogP contribution < -0.4 is 5.73 Å². The van der Waals surface area contributed by atoms with Crippen molar-refractivity contribution < 1.29 is 13.9 Å². The maximum atomic E-state index is 12.9. The van der Waals surface area contributed by atoms with Gasteiger partial charge in [0.05, 0.1) is 7.11 Å². The van der Waals surface area contributed by atoms with Crippen LogP contribution in [0.5, 0.6) is 0 Å². The summed E-state index contributed by atoms with van der Waals surface area (Å²) >= 11 is 0. The molecule has 0 unspecified atom stereocenters. The van der Waals surface area contributed by atoms with Gasteiger partial charge in [0.15, 0.2) is 0 Å². The van der Waals surface area contributed by atoms with E-state index < -0.39 is 17.8 Å². The van der Waals surface area contributed by atoms with Crippen molar-refractivity contribution in [1.29, 1.82) is 0 Å². The van der Waals surface area contributed by atoms with Crippen molar-refractivity contribution in [1.82, 2.24) is 0 Å². The second-order valence-corrected chi connectivity index (χ2v) is 3.00. The molecule has 84 valence electrons. The van der Waals surface area contributed by atoms with Gasteiger partial charge in [-0.3, -0.25) is 4.79 Å². The Hall–Kier alpha value is -1.13. The number of carbonyl (C=O) groups excluding carboxylic acids is 1. The second kappa shape index (κ2) is 5.68. The monoisotopic (exact) mass is 233 g/mol. The van der Waals surface area contributed by atoms with Crippen molar-refractivity contribution in [3.05, 3.63) is 35.1 Å². The smallest absolute Gasteiger partial charge is 0.327 e. The van der Waals surface area contributed by atoms with Crippen molar-refractivity contribution in [3.63, 3.8) is 0 Å². The highest BCUT2D eigenvalue weighted by atomic mass is 35.5. The molecule has 0 aliphatic carbocycles. The van der Waals surface area contributed by atoms with Gasteiger partial charge in [-0.05, 0) is 30.2 Å². The molecule has 1 rings (SSSR count). The van der Waals surface area contributed by atoms with E-state index in [4.69, 9.17) is 5.73 Å².